The molecule has 2 aromatic rings. The summed E-state index contributed by atoms with van der Waals surface area (Å²) in [7, 11) is 0. The average molecular weight is 377 g/mol. The lowest BCUT2D eigenvalue weighted by Gasteiger charge is -2.14. The van der Waals surface area contributed by atoms with E-state index in [9.17, 15) is 0 Å². The third-order valence-corrected chi connectivity index (χ3v) is 4.60. The summed E-state index contributed by atoms with van der Waals surface area (Å²) in [5, 5.41) is 6.39. The number of unbranched alkanes of at least 4 members (excludes halogenated alkanes) is 1. The summed E-state index contributed by atoms with van der Waals surface area (Å²) in [6.45, 7) is 7.78. The second-order valence-corrected chi connectivity index (χ2v) is 6.70. The molecule has 142 valence electrons. The summed E-state index contributed by atoms with van der Waals surface area (Å²) in [6.07, 6.45) is 3.01. The Labute approximate surface area is 159 Å². The number of thiazole rings is 1. The van der Waals surface area contributed by atoms with Gasteiger partial charge in [-0.2, -0.15) is 0 Å². The van der Waals surface area contributed by atoms with Gasteiger partial charge in [0.05, 0.1) is 23.9 Å². The molecule has 0 bridgehead atoms. The molecule has 6 nitrogen and oxygen atoms in total. The largest absolute Gasteiger partial charge is 0.494 e. The van der Waals surface area contributed by atoms with Gasteiger partial charge in [0, 0.05) is 23.7 Å². The van der Waals surface area contributed by atoms with Crippen molar-refractivity contribution < 1.29 is 9.47 Å². The van der Waals surface area contributed by atoms with Crippen LogP contribution < -0.4 is 20.5 Å². The molecule has 0 saturated carbocycles. The molecular formula is C19H28N4O2S. The van der Waals surface area contributed by atoms with Crippen molar-refractivity contribution in [3.63, 3.8) is 0 Å². The molecule has 0 unspecified atom stereocenters. The van der Waals surface area contributed by atoms with E-state index < -0.39 is 0 Å². The summed E-state index contributed by atoms with van der Waals surface area (Å²) in [6, 6.07) is 5.63. The first-order valence-corrected chi connectivity index (χ1v) is 9.88. The van der Waals surface area contributed by atoms with Crippen LogP contribution in [0.15, 0.2) is 28.6 Å². The van der Waals surface area contributed by atoms with Gasteiger partial charge in [0.15, 0.2) is 5.96 Å². The number of hydrogen-bond donors (Lipinski definition) is 2. The van der Waals surface area contributed by atoms with E-state index in [1.165, 1.54) is 5.01 Å². The molecule has 0 aliphatic heterocycles. The van der Waals surface area contributed by atoms with Gasteiger partial charge in [-0.1, -0.05) is 0 Å². The lowest BCUT2D eigenvalue weighted by molar-refractivity contribution is 0.332. The van der Waals surface area contributed by atoms with E-state index in [2.05, 4.69) is 20.7 Å². The standard InChI is InChI=1S/C19H28N4O2S/c1-4-24-15-9-10-17(25-5-2)16(12-15)23-19(20)21-11-7-6-8-18-22-14(3)13-26-18/h9-10,12-13H,4-8,11H2,1-3H3,(H3,20,21,23). The van der Waals surface area contributed by atoms with E-state index in [0.717, 1.165) is 42.1 Å². The van der Waals surface area contributed by atoms with Gasteiger partial charge in [-0.05, 0) is 52.2 Å². The SMILES string of the molecule is CCOc1ccc(OCC)c(NC(N)=NCCCCc2nc(C)cs2)c1. The zero-order valence-corrected chi connectivity index (χ0v) is 16.6. The fourth-order valence-corrected chi connectivity index (χ4v) is 3.25. The Balaban J connectivity index is 1.85. The molecule has 0 fully saturated rings. The van der Waals surface area contributed by atoms with Gasteiger partial charge in [0.1, 0.15) is 11.5 Å². The van der Waals surface area contributed by atoms with Gasteiger partial charge >= 0.3 is 0 Å². The maximum Gasteiger partial charge on any atom is 0.193 e. The van der Waals surface area contributed by atoms with E-state index in [0.29, 0.717) is 25.7 Å². The molecule has 0 spiro atoms. The molecule has 26 heavy (non-hydrogen) atoms. The molecule has 0 aliphatic carbocycles. The number of nitrogens with two attached hydrogens (primary N) is 1. The average Bonchev–Trinajstić information content (AvgIpc) is 3.02. The molecule has 3 N–H and O–H groups in total. The third kappa shape index (κ3) is 6.55. The van der Waals surface area contributed by atoms with Gasteiger partial charge in [-0.15, -0.1) is 11.3 Å². The maximum atomic E-state index is 6.02. The molecule has 0 atom stereocenters. The summed E-state index contributed by atoms with van der Waals surface area (Å²) in [5.41, 5.74) is 7.88. The smallest absolute Gasteiger partial charge is 0.193 e. The first-order valence-electron chi connectivity index (χ1n) is 9.00. The molecule has 7 heteroatoms. The Morgan fingerprint density at radius 3 is 2.73 bits per heavy atom. The minimum absolute atomic E-state index is 0.379. The maximum absolute atomic E-state index is 6.02. The number of nitrogens with zero attached hydrogens (tertiary/aromatic N) is 2. The van der Waals surface area contributed by atoms with Crippen LogP contribution in [0.5, 0.6) is 11.5 Å². The molecule has 1 aromatic heterocycles. The van der Waals surface area contributed by atoms with Crippen LogP contribution in [0.25, 0.3) is 0 Å². The van der Waals surface area contributed by atoms with Gasteiger partial charge in [0.25, 0.3) is 0 Å². The highest BCUT2D eigenvalue weighted by Gasteiger charge is 2.07. The summed E-state index contributed by atoms with van der Waals surface area (Å²) < 4.78 is 11.2. The number of aromatic nitrogens is 1. The quantitative estimate of drug-likeness (QED) is 0.372. The van der Waals surface area contributed by atoms with Crippen molar-refractivity contribution >= 4 is 23.0 Å². The summed E-state index contributed by atoms with van der Waals surface area (Å²) in [5.74, 6) is 1.88. The topological polar surface area (TPSA) is 81.8 Å². The lowest BCUT2D eigenvalue weighted by Crippen LogP contribution is -2.23. The summed E-state index contributed by atoms with van der Waals surface area (Å²) >= 11 is 1.72. The Bertz CT molecular complexity index is 715. The number of nitrogens with one attached hydrogen (secondary N) is 1. The van der Waals surface area contributed by atoms with Crippen LogP contribution in [0.4, 0.5) is 5.69 Å². The van der Waals surface area contributed by atoms with E-state index in [-0.39, 0.29) is 0 Å². The Morgan fingerprint density at radius 2 is 2.04 bits per heavy atom. The van der Waals surface area contributed by atoms with Crippen molar-refractivity contribution in [2.45, 2.75) is 40.0 Å². The van der Waals surface area contributed by atoms with E-state index in [4.69, 9.17) is 15.2 Å². The van der Waals surface area contributed by atoms with Crippen molar-refractivity contribution in [1.29, 1.82) is 0 Å². The van der Waals surface area contributed by atoms with E-state index in [1.807, 2.05) is 39.0 Å². The van der Waals surface area contributed by atoms with Crippen molar-refractivity contribution in [2.75, 3.05) is 25.1 Å². The van der Waals surface area contributed by atoms with Gasteiger partial charge in [-0.25, -0.2) is 4.98 Å². The normalized spacial score (nSPS) is 11.4. The van der Waals surface area contributed by atoms with Crippen LogP contribution in [0, 0.1) is 6.92 Å². The molecular weight excluding hydrogens is 348 g/mol. The van der Waals surface area contributed by atoms with Crippen molar-refractivity contribution in [2.24, 2.45) is 10.7 Å². The van der Waals surface area contributed by atoms with Crippen LogP contribution in [-0.4, -0.2) is 30.7 Å². The van der Waals surface area contributed by atoms with Crippen LogP contribution >= 0.6 is 11.3 Å². The van der Waals surface area contributed by atoms with Crippen molar-refractivity contribution in [3.05, 3.63) is 34.3 Å². The number of anilines is 1. The Morgan fingerprint density at radius 1 is 1.23 bits per heavy atom. The molecule has 2 rings (SSSR count). The fourth-order valence-electron chi connectivity index (χ4n) is 2.43. The lowest BCUT2D eigenvalue weighted by atomic mass is 10.2. The second kappa shape index (κ2) is 10.7. The number of aliphatic imine (C=N–C) groups is 1. The zero-order valence-electron chi connectivity index (χ0n) is 15.7. The highest BCUT2D eigenvalue weighted by molar-refractivity contribution is 7.09. The molecule has 0 amide bonds. The minimum atomic E-state index is 0.379. The number of rotatable bonds is 10. The van der Waals surface area contributed by atoms with Crippen molar-refractivity contribution in [3.8, 4) is 11.5 Å². The zero-order chi connectivity index (χ0) is 18.8. The number of ether oxygens (including phenoxy) is 2. The summed E-state index contributed by atoms with van der Waals surface area (Å²) in [4.78, 5) is 8.87. The molecule has 1 heterocycles. The fraction of sp³-hybridized carbons (Fsp3) is 0.474. The molecule has 0 saturated heterocycles. The molecule has 1 aromatic carbocycles. The second-order valence-electron chi connectivity index (χ2n) is 5.76. The van der Waals surface area contributed by atoms with Crippen LogP contribution in [0.3, 0.4) is 0 Å². The predicted molar refractivity (Wildman–Crippen MR) is 109 cm³/mol. The van der Waals surface area contributed by atoms with Gasteiger partial charge < -0.3 is 20.5 Å². The minimum Gasteiger partial charge on any atom is -0.494 e. The first-order chi connectivity index (χ1) is 12.6. The van der Waals surface area contributed by atoms with Crippen molar-refractivity contribution in [1.82, 2.24) is 4.98 Å². The Hall–Kier alpha value is -2.28. The van der Waals surface area contributed by atoms with Crippen LogP contribution in [-0.2, 0) is 6.42 Å². The highest BCUT2D eigenvalue weighted by Crippen LogP contribution is 2.29. The molecule has 0 aliphatic rings. The number of benzene rings is 1. The number of aryl methyl sites for hydroxylation is 2. The van der Waals surface area contributed by atoms with E-state index in [1.54, 1.807) is 11.3 Å². The third-order valence-electron chi connectivity index (χ3n) is 3.57. The van der Waals surface area contributed by atoms with Crippen LogP contribution in [0.2, 0.25) is 0 Å². The first kappa shape index (κ1) is 20.0. The number of hydrogen-bond acceptors (Lipinski definition) is 5. The predicted octanol–water partition coefficient (Wildman–Crippen LogP) is 4.00. The van der Waals surface area contributed by atoms with Gasteiger partial charge in [0.2, 0.25) is 0 Å². The van der Waals surface area contributed by atoms with Crippen LogP contribution in [0.1, 0.15) is 37.4 Å². The van der Waals surface area contributed by atoms with E-state index >= 15 is 0 Å². The molecule has 0 radical (unpaired) electrons. The Kier molecular flexibility index (Phi) is 8.21. The number of guanidine groups is 1. The highest BCUT2D eigenvalue weighted by atomic mass is 32.1. The van der Waals surface area contributed by atoms with Gasteiger partial charge in [-0.3, -0.25) is 4.99 Å². The monoisotopic (exact) mass is 376 g/mol.